The Kier molecular flexibility index (Phi) is 3.10. The second-order valence-corrected chi connectivity index (χ2v) is 4.13. The van der Waals surface area contributed by atoms with Crippen molar-refractivity contribution in [2.75, 3.05) is 13.2 Å². The van der Waals surface area contributed by atoms with E-state index in [1.54, 1.807) is 18.2 Å². The van der Waals surface area contributed by atoms with Crippen molar-refractivity contribution in [3.05, 3.63) is 48.0 Å². The molecule has 0 bridgehead atoms. The van der Waals surface area contributed by atoms with Gasteiger partial charge in [-0.3, -0.25) is 9.78 Å². The smallest absolute Gasteiger partial charge is 0.213 e. The third kappa shape index (κ3) is 2.40. The van der Waals surface area contributed by atoms with Gasteiger partial charge in [-0.2, -0.15) is 0 Å². The average molecular weight is 256 g/mol. The summed E-state index contributed by atoms with van der Waals surface area (Å²) < 4.78 is 11.1. The Labute approximate surface area is 110 Å². The third-order valence-electron chi connectivity index (χ3n) is 2.81. The summed E-state index contributed by atoms with van der Waals surface area (Å²) in [6, 6.07) is 5.16. The second-order valence-electron chi connectivity index (χ2n) is 4.13. The number of fused-ring (bicyclic) bond motifs is 1. The molecule has 0 saturated heterocycles. The summed E-state index contributed by atoms with van der Waals surface area (Å²) in [5.74, 6) is 1.10. The molecule has 0 atom stereocenters. The molecule has 19 heavy (non-hydrogen) atoms. The average Bonchev–Trinajstić information content (AvgIpc) is 2.72. The maximum absolute atomic E-state index is 12.2. The van der Waals surface area contributed by atoms with Gasteiger partial charge in [0.15, 0.2) is 11.5 Å². The number of hydrogen-bond donors (Lipinski definition) is 0. The van der Waals surface area contributed by atoms with Crippen LogP contribution in [-0.2, 0) is 0 Å². The molecule has 3 rings (SSSR count). The highest BCUT2D eigenvalue weighted by atomic mass is 16.5. The minimum atomic E-state index is -0.177. The van der Waals surface area contributed by atoms with Crippen molar-refractivity contribution in [1.82, 2.24) is 9.97 Å². The summed E-state index contributed by atoms with van der Waals surface area (Å²) in [6.45, 7) is 1.22. The maximum atomic E-state index is 12.2. The van der Waals surface area contributed by atoms with Gasteiger partial charge in [-0.25, -0.2) is 4.98 Å². The molecule has 1 aliphatic heterocycles. The van der Waals surface area contributed by atoms with E-state index in [0.717, 1.165) is 6.42 Å². The normalized spacial score (nSPS) is 13.7. The van der Waals surface area contributed by atoms with Crippen molar-refractivity contribution in [1.29, 1.82) is 0 Å². The van der Waals surface area contributed by atoms with E-state index in [2.05, 4.69) is 9.97 Å². The first-order chi connectivity index (χ1) is 9.34. The van der Waals surface area contributed by atoms with E-state index in [-0.39, 0.29) is 5.78 Å². The molecular formula is C14H12N2O3. The van der Waals surface area contributed by atoms with Gasteiger partial charge < -0.3 is 9.47 Å². The Morgan fingerprint density at radius 2 is 1.95 bits per heavy atom. The molecule has 0 fully saturated rings. The summed E-state index contributed by atoms with van der Waals surface area (Å²) >= 11 is 0. The Morgan fingerprint density at radius 3 is 2.74 bits per heavy atom. The molecule has 2 aromatic rings. The molecule has 96 valence electrons. The van der Waals surface area contributed by atoms with Crippen LogP contribution in [0.2, 0.25) is 0 Å². The lowest BCUT2D eigenvalue weighted by Gasteiger charge is -2.08. The Bertz CT molecular complexity index is 599. The van der Waals surface area contributed by atoms with E-state index in [9.17, 15) is 4.79 Å². The SMILES string of the molecule is O=C(c1ccc2c(c1)OCCCO2)c1cnccn1. The number of aromatic nitrogens is 2. The highest BCUT2D eigenvalue weighted by Crippen LogP contribution is 2.30. The highest BCUT2D eigenvalue weighted by molar-refractivity contribution is 6.07. The van der Waals surface area contributed by atoms with Crippen molar-refractivity contribution in [3.63, 3.8) is 0 Å². The van der Waals surface area contributed by atoms with Crippen LogP contribution in [0.5, 0.6) is 11.5 Å². The molecule has 0 radical (unpaired) electrons. The van der Waals surface area contributed by atoms with Crippen LogP contribution in [0.25, 0.3) is 0 Å². The van der Waals surface area contributed by atoms with E-state index in [1.807, 2.05) is 0 Å². The van der Waals surface area contributed by atoms with Gasteiger partial charge in [0.1, 0.15) is 5.69 Å². The fourth-order valence-corrected chi connectivity index (χ4v) is 1.87. The lowest BCUT2D eigenvalue weighted by atomic mass is 10.1. The molecule has 5 nitrogen and oxygen atoms in total. The summed E-state index contributed by atoms with van der Waals surface area (Å²) in [4.78, 5) is 20.1. The lowest BCUT2D eigenvalue weighted by molar-refractivity contribution is 0.103. The first-order valence-electron chi connectivity index (χ1n) is 6.05. The number of ketones is 1. The number of nitrogens with zero attached hydrogens (tertiary/aromatic N) is 2. The van der Waals surface area contributed by atoms with E-state index >= 15 is 0 Å². The molecule has 0 amide bonds. The molecule has 0 saturated carbocycles. The van der Waals surface area contributed by atoms with E-state index in [0.29, 0.717) is 36.0 Å². The zero-order valence-electron chi connectivity index (χ0n) is 10.2. The zero-order valence-corrected chi connectivity index (χ0v) is 10.2. The zero-order chi connectivity index (χ0) is 13.1. The van der Waals surface area contributed by atoms with Gasteiger partial charge in [-0.1, -0.05) is 0 Å². The van der Waals surface area contributed by atoms with Crippen LogP contribution in [0.3, 0.4) is 0 Å². The van der Waals surface area contributed by atoms with Crippen LogP contribution >= 0.6 is 0 Å². The van der Waals surface area contributed by atoms with Gasteiger partial charge in [-0.15, -0.1) is 0 Å². The van der Waals surface area contributed by atoms with Gasteiger partial charge in [0.05, 0.1) is 19.4 Å². The Morgan fingerprint density at radius 1 is 1.11 bits per heavy atom. The molecule has 1 aliphatic rings. The molecule has 0 N–H and O–H groups in total. The Hall–Kier alpha value is -2.43. The van der Waals surface area contributed by atoms with E-state index < -0.39 is 0 Å². The predicted molar refractivity (Wildman–Crippen MR) is 67.5 cm³/mol. The first-order valence-corrected chi connectivity index (χ1v) is 6.05. The van der Waals surface area contributed by atoms with Crippen LogP contribution in [0.4, 0.5) is 0 Å². The highest BCUT2D eigenvalue weighted by Gasteiger charge is 2.16. The number of carbonyl (C=O) groups is 1. The maximum Gasteiger partial charge on any atom is 0.213 e. The van der Waals surface area contributed by atoms with Gasteiger partial charge in [-0.05, 0) is 18.2 Å². The fraction of sp³-hybridized carbons (Fsp3) is 0.214. The largest absolute Gasteiger partial charge is 0.490 e. The predicted octanol–water partition coefficient (Wildman–Crippen LogP) is 1.87. The first kappa shape index (κ1) is 11.6. The van der Waals surface area contributed by atoms with Crippen LogP contribution in [0.15, 0.2) is 36.8 Å². The molecule has 5 heteroatoms. The summed E-state index contributed by atoms with van der Waals surface area (Å²) in [6.07, 6.45) is 5.31. The second kappa shape index (κ2) is 5.06. The molecule has 1 aromatic heterocycles. The minimum Gasteiger partial charge on any atom is -0.490 e. The van der Waals surface area contributed by atoms with E-state index in [4.69, 9.17) is 9.47 Å². The molecule has 0 unspecified atom stereocenters. The van der Waals surface area contributed by atoms with E-state index in [1.165, 1.54) is 18.6 Å². The number of carbonyl (C=O) groups excluding carboxylic acids is 1. The number of hydrogen-bond acceptors (Lipinski definition) is 5. The third-order valence-corrected chi connectivity index (χ3v) is 2.81. The molecular weight excluding hydrogens is 244 g/mol. The van der Waals surface area contributed by atoms with Crippen molar-refractivity contribution in [3.8, 4) is 11.5 Å². The van der Waals surface area contributed by atoms with Crippen LogP contribution in [0.1, 0.15) is 22.5 Å². The number of ether oxygens (including phenoxy) is 2. The summed E-state index contributed by atoms with van der Waals surface area (Å²) in [7, 11) is 0. The van der Waals surface area contributed by atoms with Crippen LogP contribution < -0.4 is 9.47 Å². The van der Waals surface area contributed by atoms with Crippen molar-refractivity contribution in [2.45, 2.75) is 6.42 Å². The fourth-order valence-electron chi connectivity index (χ4n) is 1.87. The minimum absolute atomic E-state index is 0.177. The van der Waals surface area contributed by atoms with Crippen LogP contribution in [0, 0.1) is 0 Å². The topological polar surface area (TPSA) is 61.3 Å². The summed E-state index contributed by atoms with van der Waals surface area (Å²) in [5.41, 5.74) is 0.835. The van der Waals surface area contributed by atoms with Crippen molar-refractivity contribution >= 4 is 5.78 Å². The molecule has 0 aliphatic carbocycles. The van der Waals surface area contributed by atoms with Crippen LogP contribution in [-0.4, -0.2) is 29.0 Å². The van der Waals surface area contributed by atoms with Gasteiger partial charge >= 0.3 is 0 Å². The van der Waals surface area contributed by atoms with Crippen molar-refractivity contribution in [2.24, 2.45) is 0 Å². The quantitative estimate of drug-likeness (QED) is 0.767. The lowest BCUT2D eigenvalue weighted by Crippen LogP contribution is -2.05. The standard InChI is InChI=1S/C14H12N2O3/c17-14(11-9-15-4-5-16-11)10-2-3-12-13(8-10)19-7-1-6-18-12/h2-5,8-9H,1,6-7H2. The molecule has 1 aromatic carbocycles. The number of rotatable bonds is 2. The summed E-state index contributed by atoms with van der Waals surface area (Å²) in [5, 5.41) is 0. The van der Waals surface area contributed by atoms with Gasteiger partial charge in [0.2, 0.25) is 5.78 Å². The molecule has 2 heterocycles. The molecule has 0 spiro atoms. The van der Waals surface area contributed by atoms with Gasteiger partial charge in [0.25, 0.3) is 0 Å². The number of benzene rings is 1. The Balaban J connectivity index is 1.94. The monoisotopic (exact) mass is 256 g/mol. The van der Waals surface area contributed by atoms with Gasteiger partial charge in [0, 0.05) is 24.4 Å². The van der Waals surface area contributed by atoms with Crippen molar-refractivity contribution < 1.29 is 14.3 Å².